The van der Waals surface area contributed by atoms with E-state index in [0.29, 0.717) is 12.2 Å². The van der Waals surface area contributed by atoms with Gasteiger partial charge in [-0.15, -0.1) is 0 Å². The van der Waals surface area contributed by atoms with Gasteiger partial charge in [-0.2, -0.15) is 0 Å². The first-order valence-corrected chi connectivity index (χ1v) is 9.67. The number of anilines is 1. The lowest BCUT2D eigenvalue weighted by Crippen LogP contribution is -2.34. The second-order valence-corrected chi connectivity index (χ2v) is 7.40. The maximum atomic E-state index is 11.0. The number of piperidine rings is 1. The topological polar surface area (TPSA) is 62.7 Å². The molecule has 1 aliphatic rings. The number of aromatic carboxylic acids is 1. The van der Waals surface area contributed by atoms with Crippen LogP contribution in [-0.2, 0) is 0 Å². The molecule has 0 amide bonds. The van der Waals surface area contributed by atoms with Gasteiger partial charge in [0.05, 0.1) is 12.2 Å². The molecule has 1 aliphatic heterocycles. The van der Waals surface area contributed by atoms with E-state index in [1.54, 1.807) is 25.1 Å². The minimum absolute atomic E-state index is 0.331. The molecule has 27 heavy (non-hydrogen) atoms. The van der Waals surface area contributed by atoms with Gasteiger partial charge in [0.25, 0.3) is 0 Å². The number of rotatable bonds is 7. The molecule has 1 saturated heterocycles. The van der Waals surface area contributed by atoms with E-state index in [2.05, 4.69) is 28.9 Å². The van der Waals surface area contributed by atoms with Crippen LogP contribution in [0.25, 0.3) is 0 Å². The molecule has 0 saturated carbocycles. The normalized spacial score (nSPS) is 15.0. The van der Waals surface area contributed by atoms with Gasteiger partial charge in [-0.3, -0.25) is 0 Å². The van der Waals surface area contributed by atoms with E-state index < -0.39 is 5.97 Å². The highest BCUT2D eigenvalue weighted by atomic mass is 16.5. The molecule has 0 spiro atoms. The number of pyridine rings is 1. The molecule has 0 bridgehead atoms. The van der Waals surface area contributed by atoms with Crippen molar-refractivity contribution in [2.45, 2.75) is 39.5 Å². The molecule has 1 aromatic heterocycles. The van der Waals surface area contributed by atoms with E-state index in [0.717, 1.165) is 42.6 Å². The molecule has 3 rings (SSSR count). The molecule has 0 atom stereocenters. The van der Waals surface area contributed by atoms with Crippen LogP contribution in [0.5, 0.6) is 5.75 Å². The third-order valence-electron chi connectivity index (χ3n) is 5.29. The largest absolute Gasteiger partial charge is 0.494 e. The van der Waals surface area contributed by atoms with Gasteiger partial charge in [-0.25, -0.2) is 9.78 Å². The van der Waals surface area contributed by atoms with Crippen LogP contribution in [0, 0.1) is 19.8 Å². The minimum atomic E-state index is -0.897. The van der Waals surface area contributed by atoms with Gasteiger partial charge < -0.3 is 14.7 Å². The van der Waals surface area contributed by atoms with E-state index in [9.17, 15) is 4.79 Å². The Hall–Kier alpha value is -2.56. The predicted octanol–water partition coefficient (Wildman–Crippen LogP) is 4.47. The lowest BCUT2D eigenvalue weighted by atomic mass is 9.92. The average molecular weight is 368 g/mol. The van der Waals surface area contributed by atoms with Crippen molar-refractivity contribution in [2.24, 2.45) is 5.92 Å². The summed E-state index contributed by atoms with van der Waals surface area (Å²) in [7, 11) is 0. The first kappa shape index (κ1) is 19.2. The summed E-state index contributed by atoms with van der Waals surface area (Å²) in [4.78, 5) is 18.0. The first-order valence-electron chi connectivity index (χ1n) is 9.67. The Kier molecular flexibility index (Phi) is 6.32. The van der Waals surface area contributed by atoms with Gasteiger partial charge in [0, 0.05) is 19.3 Å². The number of hydrogen-bond donors (Lipinski definition) is 1. The molecule has 1 fully saturated rings. The summed E-state index contributed by atoms with van der Waals surface area (Å²) in [6, 6.07) is 9.39. The summed E-state index contributed by atoms with van der Waals surface area (Å²) in [5, 5.41) is 9.07. The third kappa shape index (κ3) is 5.22. The molecule has 5 nitrogen and oxygen atoms in total. The van der Waals surface area contributed by atoms with E-state index in [1.165, 1.54) is 24.8 Å². The lowest BCUT2D eigenvalue weighted by Gasteiger charge is -2.32. The number of carbonyl (C=O) groups is 1. The monoisotopic (exact) mass is 368 g/mol. The van der Waals surface area contributed by atoms with Gasteiger partial charge in [0.2, 0.25) is 0 Å². The number of ether oxygens (including phenoxy) is 1. The molecule has 2 heterocycles. The minimum Gasteiger partial charge on any atom is -0.494 e. The quantitative estimate of drug-likeness (QED) is 0.731. The second-order valence-electron chi connectivity index (χ2n) is 7.40. The molecule has 144 valence electrons. The Morgan fingerprint density at radius 2 is 2.00 bits per heavy atom. The van der Waals surface area contributed by atoms with Crippen molar-refractivity contribution >= 4 is 11.8 Å². The zero-order valence-corrected chi connectivity index (χ0v) is 16.1. The standard InChI is InChI=1S/C22H28N2O3/c1-16-5-8-21(23-15-16)24-11-9-18(10-12-24)4-3-13-27-19-6-7-20(22(25)26)17(2)14-19/h5-8,14-15,18H,3-4,9-13H2,1-2H3,(H,25,26). The number of aromatic nitrogens is 1. The van der Waals surface area contributed by atoms with Crippen molar-refractivity contribution in [1.82, 2.24) is 4.98 Å². The predicted molar refractivity (Wildman–Crippen MR) is 107 cm³/mol. The summed E-state index contributed by atoms with van der Waals surface area (Å²) in [5.41, 5.74) is 2.26. The van der Waals surface area contributed by atoms with Gasteiger partial charge in [0.15, 0.2) is 0 Å². The van der Waals surface area contributed by atoms with Gasteiger partial charge in [0.1, 0.15) is 11.6 Å². The van der Waals surface area contributed by atoms with Crippen molar-refractivity contribution in [2.75, 3.05) is 24.6 Å². The molecule has 0 aliphatic carbocycles. The highest BCUT2D eigenvalue weighted by molar-refractivity contribution is 5.89. The number of carboxylic acid groups (broad SMARTS) is 1. The number of aryl methyl sites for hydroxylation is 2. The van der Waals surface area contributed by atoms with Gasteiger partial charge in [-0.05, 0) is 80.8 Å². The van der Waals surface area contributed by atoms with E-state index in [4.69, 9.17) is 9.84 Å². The fraction of sp³-hybridized carbons (Fsp3) is 0.455. The Morgan fingerprint density at radius 1 is 1.22 bits per heavy atom. The van der Waals surface area contributed by atoms with E-state index in [1.807, 2.05) is 6.20 Å². The highest BCUT2D eigenvalue weighted by Gasteiger charge is 2.19. The van der Waals surface area contributed by atoms with Crippen LogP contribution in [0.15, 0.2) is 36.5 Å². The van der Waals surface area contributed by atoms with Gasteiger partial charge in [-0.1, -0.05) is 6.07 Å². The molecule has 5 heteroatoms. The van der Waals surface area contributed by atoms with Crippen LogP contribution in [0.4, 0.5) is 5.82 Å². The Morgan fingerprint density at radius 3 is 2.63 bits per heavy atom. The first-order chi connectivity index (χ1) is 13.0. The molecule has 1 aromatic carbocycles. The van der Waals surface area contributed by atoms with E-state index >= 15 is 0 Å². The van der Waals surface area contributed by atoms with E-state index in [-0.39, 0.29) is 0 Å². The van der Waals surface area contributed by atoms with Crippen molar-refractivity contribution in [3.05, 3.63) is 53.2 Å². The summed E-state index contributed by atoms with van der Waals surface area (Å²) in [6.45, 7) is 6.67. The van der Waals surface area contributed by atoms with Crippen LogP contribution in [0.3, 0.4) is 0 Å². The molecule has 0 unspecified atom stereocenters. The number of hydrogen-bond acceptors (Lipinski definition) is 4. The van der Waals surface area contributed by atoms with Crippen LogP contribution >= 0.6 is 0 Å². The van der Waals surface area contributed by atoms with Crippen molar-refractivity contribution in [3.8, 4) is 5.75 Å². The van der Waals surface area contributed by atoms with Crippen molar-refractivity contribution < 1.29 is 14.6 Å². The fourth-order valence-corrected chi connectivity index (χ4v) is 3.63. The van der Waals surface area contributed by atoms with Crippen LogP contribution in [0.1, 0.15) is 47.2 Å². The smallest absolute Gasteiger partial charge is 0.335 e. The Balaban J connectivity index is 1.37. The lowest BCUT2D eigenvalue weighted by molar-refractivity contribution is 0.0696. The van der Waals surface area contributed by atoms with Crippen LogP contribution < -0.4 is 9.64 Å². The molecular weight excluding hydrogens is 340 g/mol. The molecule has 0 radical (unpaired) electrons. The zero-order valence-electron chi connectivity index (χ0n) is 16.1. The molecule has 1 N–H and O–H groups in total. The van der Waals surface area contributed by atoms with Crippen LogP contribution in [-0.4, -0.2) is 35.8 Å². The van der Waals surface area contributed by atoms with Gasteiger partial charge >= 0.3 is 5.97 Å². The number of nitrogens with zero attached hydrogens (tertiary/aromatic N) is 2. The van der Waals surface area contributed by atoms with Crippen molar-refractivity contribution in [1.29, 1.82) is 0 Å². The Labute approximate surface area is 161 Å². The second kappa shape index (κ2) is 8.89. The average Bonchev–Trinajstić information content (AvgIpc) is 2.66. The highest BCUT2D eigenvalue weighted by Crippen LogP contribution is 2.25. The van der Waals surface area contributed by atoms with Crippen LogP contribution in [0.2, 0.25) is 0 Å². The SMILES string of the molecule is Cc1ccc(N2CCC(CCCOc3ccc(C(=O)O)c(C)c3)CC2)nc1. The third-order valence-corrected chi connectivity index (χ3v) is 5.29. The maximum absolute atomic E-state index is 11.0. The number of carboxylic acids is 1. The Bertz CT molecular complexity index is 766. The maximum Gasteiger partial charge on any atom is 0.335 e. The number of benzene rings is 1. The molecule has 2 aromatic rings. The van der Waals surface area contributed by atoms with Crippen molar-refractivity contribution in [3.63, 3.8) is 0 Å². The molecular formula is C22H28N2O3. The fourth-order valence-electron chi connectivity index (χ4n) is 3.63. The summed E-state index contributed by atoms with van der Waals surface area (Å²) >= 11 is 0. The summed E-state index contributed by atoms with van der Waals surface area (Å²) in [5.74, 6) is 1.68. The summed E-state index contributed by atoms with van der Waals surface area (Å²) < 4.78 is 5.80. The zero-order chi connectivity index (χ0) is 19.2. The summed E-state index contributed by atoms with van der Waals surface area (Å²) in [6.07, 6.45) is 6.52.